The molecule has 0 spiro atoms. The highest BCUT2D eigenvalue weighted by Crippen LogP contribution is 2.44. The molecular weight excluding hydrogens is 470 g/mol. The number of esters is 1. The Morgan fingerprint density at radius 1 is 1.06 bits per heavy atom. The quantitative estimate of drug-likeness (QED) is 0.410. The zero-order chi connectivity index (χ0) is 24.4. The molecule has 2 heterocycles. The zero-order valence-electron chi connectivity index (χ0n) is 18.7. The lowest BCUT2D eigenvalue weighted by molar-refractivity contribution is -0.137. The van der Waals surface area contributed by atoms with Crippen LogP contribution in [0.1, 0.15) is 46.1 Å². The molecule has 3 aromatic rings. The topological polar surface area (TPSA) is 59.0 Å². The fourth-order valence-corrected chi connectivity index (χ4v) is 5.24. The number of thiophene rings is 1. The van der Waals surface area contributed by atoms with Crippen molar-refractivity contribution in [2.45, 2.75) is 25.3 Å². The van der Waals surface area contributed by atoms with Crippen molar-refractivity contribution >= 4 is 35.0 Å². The van der Waals surface area contributed by atoms with Crippen LogP contribution in [0.4, 0.5) is 8.78 Å². The third-order valence-electron chi connectivity index (χ3n) is 6.23. The number of carbonyl (C=O) groups is 2. The van der Waals surface area contributed by atoms with Gasteiger partial charge in [-0.05, 0) is 77.8 Å². The summed E-state index contributed by atoms with van der Waals surface area (Å²) in [4.78, 5) is 25.9. The van der Waals surface area contributed by atoms with E-state index in [0.717, 1.165) is 41.7 Å². The van der Waals surface area contributed by atoms with E-state index in [1.807, 2.05) is 6.08 Å². The van der Waals surface area contributed by atoms with Gasteiger partial charge in [0.15, 0.2) is 6.61 Å². The molecule has 1 fully saturated rings. The van der Waals surface area contributed by atoms with Gasteiger partial charge in [-0.2, -0.15) is 5.10 Å². The standard InChI is InChI=1S/C27H22F2N2O3S/c28-20-10-6-17(7-11-20)15-19-3-1-4-22-25(19)30-31(26(22)18-8-12-21(29)13-9-18)24(32)16-34-27(33)23-5-2-14-35-23/h2,5-15,22,26H,1,3-4,16H2/b19-15-/t22-,26-/m1/s1. The molecule has 1 aliphatic carbocycles. The molecule has 0 unspecified atom stereocenters. The highest BCUT2D eigenvalue weighted by molar-refractivity contribution is 7.11. The van der Waals surface area contributed by atoms with E-state index in [1.165, 1.54) is 40.6 Å². The molecule has 5 nitrogen and oxygen atoms in total. The first-order chi connectivity index (χ1) is 17.0. The number of nitrogens with zero attached hydrogens (tertiary/aromatic N) is 2. The van der Waals surface area contributed by atoms with Gasteiger partial charge in [0.25, 0.3) is 5.91 Å². The zero-order valence-corrected chi connectivity index (χ0v) is 19.5. The summed E-state index contributed by atoms with van der Waals surface area (Å²) in [5, 5.41) is 7.83. The molecule has 1 aromatic heterocycles. The molecule has 2 aliphatic rings. The molecular formula is C27H22F2N2O3S. The van der Waals surface area contributed by atoms with Crippen LogP contribution in [-0.2, 0) is 9.53 Å². The Morgan fingerprint density at radius 3 is 2.46 bits per heavy atom. The maximum absolute atomic E-state index is 13.6. The smallest absolute Gasteiger partial charge is 0.348 e. The first-order valence-corrected chi connectivity index (χ1v) is 12.2. The van der Waals surface area contributed by atoms with Crippen LogP contribution in [0, 0.1) is 17.6 Å². The molecule has 8 heteroatoms. The van der Waals surface area contributed by atoms with E-state index in [-0.39, 0.29) is 17.6 Å². The Hall–Kier alpha value is -3.65. The highest BCUT2D eigenvalue weighted by atomic mass is 32.1. The van der Waals surface area contributed by atoms with E-state index in [0.29, 0.717) is 4.88 Å². The number of ether oxygens (including phenoxy) is 1. The third kappa shape index (κ3) is 4.93. The largest absolute Gasteiger partial charge is 0.451 e. The number of hydrogen-bond donors (Lipinski definition) is 0. The molecule has 178 valence electrons. The second kappa shape index (κ2) is 9.92. The van der Waals surface area contributed by atoms with Gasteiger partial charge >= 0.3 is 5.97 Å². The summed E-state index contributed by atoms with van der Waals surface area (Å²) >= 11 is 1.24. The Morgan fingerprint density at radius 2 is 1.77 bits per heavy atom. The third-order valence-corrected chi connectivity index (χ3v) is 7.08. The van der Waals surface area contributed by atoms with Crippen LogP contribution in [0.25, 0.3) is 6.08 Å². The Balaban J connectivity index is 1.45. The maximum atomic E-state index is 13.6. The van der Waals surface area contributed by atoms with E-state index >= 15 is 0 Å². The monoisotopic (exact) mass is 492 g/mol. The predicted molar refractivity (Wildman–Crippen MR) is 130 cm³/mol. The number of carbonyl (C=O) groups excluding carboxylic acids is 2. The summed E-state index contributed by atoms with van der Waals surface area (Å²) in [6.45, 7) is -0.449. The van der Waals surface area contributed by atoms with Crippen molar-refractivity contribution in [3.63, 3.8) is 0 Å². The lowest BCUT2D eigenvalue weighted by atomic mass is 9.77. The van der Waals surface area contributed by atoms with Gasteiger partial charge in [0, 0.05) is 5.92 Å². The SMILES string of the molecule is O=C(OCC(=O)N1N=C2/C(=C\c3ccc(F)cc3)CCC[C@H]2[C@H]1c1ccc(F)cc1)c1cccs1. The second-order valence-electron chi connectivity index (χ2n) is 8.49. The summed E-state index contributed by atoms with van der Waals surface area (Å²) in [5.41, 5.74) is 3.37. The molecule has 35 heavy (non-hydrogen) atoms. The molecule has 2 atom stereocenters. The number of fused-ring (bicyclic) bond motifs is 1. The van der Waals surface area contributed by atoms with Gasteiger partial charge in [-0.1, -0.05) is 30.3 Å². The molecule has 1 saturated carbocycles. The molecule has 0 saturated heterocycles. The van der Waals surface area contributed by atoms with Crippen LogP contribution >= 0.6 is 11.3 Å². The fourth-order valence-electron chi connectivity index (χ4n) is 4.62. The van der Waals surface area contributed by atoms with Gasteiger partial charge < -0.3 is 4.74 Å². The first-order valence-electron chi connectivity index (χ1n) is 11.3. The molecule has 5 rings (SSSR count). The van der Waals surface area contributed by atoms with Crippen LogP contribution in [0.15, 0.2) is 76.7 Å². The fraction of sp³-hybridized carbons (Fsp3) is 0.222. The summed E-state index contributed by atoms with van der Waals surface area (Å²) in [5.74, 6) is -1.77. The van der Waals surface area contributed by atoms with Crippen molar-refractivity contribution in [1.29, 1.82) is 0 Å². The van der Waals surface area contributed by atoms with Gasteiger partial charge in [0.2, 0.25) is 0 Å². The van der Waals surface area contributed by atoms with Crippen molar-refractivity contribution in [1.82, 2.24) is 5.01 Å². The van der Waals surface area contributed by atoms with Crippen LogP contribution in [0.2, 0.25) is 0 Å². The number of halogens is 2. The summed E-state index contributed by atoms with van der Waals surface area (Å²) < 4.78 is 32.2. The van der Waals surface area contributed by atoms with Crippen LogP contribution in [0.5, 0.6) is 0 Å². The molecule has 2 aromatic carbocycles. The van der Waals surface area contributed by atoms with Crippen molar-refractivity contribution in [2.24, 2.45) is 11.0 Å². The van der Waals surface area contributed by atoms with E-state index < -0.39 is 24.5 Å². The number of allylic oxidation sites excluding steroid dienone is 1. The van der Waals surface area contributed by atoms with E-state index in [1.54, 1.807) is 41.8 Å². The minimum Gasteiger partial charge on any atom is -0.451 e. The number of rotatable bonds is 5. The van der Waals surface area contributed by atoms with E-state index in [9.17, 15) is 18.4 Å². The minimum atomic E-state index is -0.562. The van der Waals surface area contributed by atoms with Gasteiger partial charge in [-0.25, -0.2) is 18.6 Å². The van der Waals surface area contributed by atoms with Gasteiger partial charge in [-0.15, -0.1) is 11.3 Å². The Labute approximate surface area is 205 Å². The van der Waals surface area contributed by atoms with Gasteiger partial charge in [0.1, 0.15) is 16.5 Å². The second-order valence-corrected chi connectivity index (χ2v) is 9.44. The highest BCUT2D eigenvalue weighted by Gasteiger charge is 2.43. The molecule has 0 N–H and O–H groups in total. The van der Waals surface area contributed by atoms with Gasteiger partial charge in [0.05, 0.1) is 11.8 Å². The number of benzene rings is 2. The lowest BCUT2D eigenvalue weighted by Crippen LogP contribution is -2.34. The van der Waals surface area contributed by atoms with Crippen LogP contribution in [0.3, 0.4) is 0 Å². The van der Waals surface area contributed by atoms with Crippen LogP contribution < -0.4 is 0 Å². The molecule has 1 amide bonds. The number of hydrazone groups is 1. The van der Waals surface area contributed by atoms with E-state index in [4.69, 9.17) is 9.84 Å². The van der Waals surface area contributed by atoms with Crippen LogP contribution in [-0.4, -0.2) is 29.2 Å². The van der Waals surface area contributed by atoms with Gasteiger partial charge in [-0.3, -0.25) is 4.79 Å². The molecule has 1 aliphatic heterocycles. The van der Waals surface area contributed by atoms with Crippen molar-refractivity contribution < 1.29 is 23.1 Å². The minimum absolute atomic E-state index is 0.0853. The maximum Gasteiger partial charge on any atom is 0.348 e. The average Bonchev–Trinajstić information content (AvgIpc) is 3.53. The summed E-state index contributed by atoms with van der Waals surface area (Å²) in [7, 11) is 0. The molecule has 0 radical (unpaired) electrons. The molecule has 0 bridgehead atoms. The summed E-state index contributed by atoms with van der Waals surface area (Å²) in [6.07, 6.45) is 4.44. The first kappa shape index (κ1) is 23.1. The normalized spacial score (nSPS) is 20.5. The van der Waals surface area contributed by atoms with E-state index in [2.05, 4.69) is 0 Å². The van der Waals surface area contributed by atoms with Crippen molar-refractivity contribution in [2.75, 3.05) is 6.61 Å². The predicted octanol–water partition coefficient (Wildman–Crippen LogP) is 6.01. The van der Waals surface area contributed by atoms with Crippen molar-refractivity contribution in [3.8, 4) is 0 Å². The Kier molecular flexibility index (Phi) is 6.55. The lowest BCUT2D eigenvalue weighted by Gasteiger charge is -2.29. The number of hydrogen-bond acceptors (Lipinski definition) is 5. The Bertz CT molecular complexity index is 1280. The number of amides is 1. The summed E-state index contributed by atoms with van der Waals surface area (Å²) in [6, 6.07) is 15.2. The average molecular weight is 493 g/mol. The van der Waals surface area contributed by atoms with Crippen molar-refractivity contribution in [3.05, 3.63) is 99.3 Å².